The zero-order valence-electron chi connectivity index (χ0n) is 12.5. The maximum atomic E-state index is 11.2. The highest BCUT2D eigenvalue weighted by molar-refractivity contribution is 5.79. The predicted molar refractivity (Wildman–Crippen MR) is 83.3 cm³/mol. The van der Waals surface area contributed by atoms with Crippen molar-refractivity contribution >= 4 is 5.97 Å². The lowest BCUT2D eigenvalue weighted by molar-refractivity contribution is -0.142. The van der Waals surface area contributed by atoms with Crippen molar-refractivity contribution in [3.05, 3.63) is 47.7 Å². The van der Waals surface area contributed by atoms with Gasteiger partial charge in [0.1, 0.15) is 17.1 Å². The van der Waals surface area contributed by atoms with E-state index in [0.717, 1.165) is 11.3 Å². The molecule has 1 aromatic heterocycles. The third-order valence-electron chi connectivity index (χ3n) is 4.16. The standard InChI is InChI=1S/C17H17N3O3/c18-9-12-3-1-2-4-14(12)15-6-5-13(23-15)10-20-8-7-17(19,11-20)16(21)22/h1-6H,7-8,10-11,19H2,(H,21,22). The van der Waals surface area contributed by atoms with Gasteiger partial charge >= 0.3 is 5.97 Å². The zero-order valence-corrected chi connectivity index (χ0v) is 12.5. The van der Waals surface area contributed by atoms with Crippen molar-refractivity contribution in [3.8, 4) is 17.4 Å². The molecule has 1 aromatic carbocycles. The normalized spacial score (nSPS) is 21.2. The van der Waals surface area contributed by atoms with E-state index in [-0.39, 0.29) is 0 Å². The van der Waals surface area contributed by atoms with Gasteiger partial charge < -0.3 is 15.3 Å². The second kappa shape index (κ2) is 5.88. The molecule has 0 aliphatic carbocycles. The minimum atomic E-state index is -1.18. The number of carbonyl (C=O) groups is 1. The van der Waals surface area contributed by atoms with E-state index in [2.05, 4.69) is 6.07 Å². The second-order valence-electron chi connectivity index (χ2n) is 5.85. The SMILES string of the molecule is N#Cc1ccccc1-c1ccc(CN2CCC(N)(C(=O)O)C2)o1. The van der Waals surface area contributed by atoms with Gasteiger partial charge in [0.05, 0.1) is 18.2 Å². The molecule has 2 aromatic rings. The topological polar surface area (TPSA) is 103 Å². The van der Waals surface area contributed by atoms with Crippen molar-refractivity contribution in [1.82, 2.24) is 4.90 Å². The van der Waals surface area contributed by atoms with Crippen molar-refractivity contribution < 1.29 is 14.3 Å². The number of aliphatic carboxylic acids is 1. The van der Waals surface area contributed by atoms with Crippen LogP contribution in [-0.4, -0.2) is 34.6 Å². The molecule has 0 saturated carbocycles. The summed E-state index contributed by atoms with van der Waals surface area (Å²) in [6.07, 6.45) is 0.424. The largest absolute Gasteiger partial charge is 0.480 e. The van der Waals surface area contributed by atoms with E-state index in [0.29, 0.717) is 37.4 Å². The van der Waals surface area contributed by atoms with Gasteiger partial charge in [-0.05, 0) is 30.7 Å². The van der Waals surface area contributed by atoms with Crippen molar-refractivity contribution in [1.29, 1.82) is 5.26 Å². The van der Waals surface area contributed by atoms with E-state index in [9.17, 15) is 4.79 Å². The molecule has 0 bridgehead atoms. The number of carboxylic acids is 1. The molecule has 6 nitrogen and oxygen atoms in total. The van der Waals surface area contributed by atoms with E-state index in [4.69, 9.17) is 20.5 Å². The van der Waals surface area contributed by atoms with Crippen LogP contribution in [0.15, 0.2) is 40.8 Å². The van der Waals surface area contributed by atoms with E-state index in [1.807, 2.05) is 35.2 Å². The lowest BCUT2D eigenvalue weighted by Gasteiger charge is -2.19. The maximum absolute atomic E-state index is 11.2. The van der Waals surface area contributed by atoms with Gasteiger partial charge in [-0.1, -0.05) is 12.1 Å². The number of hydrogen-bond donors (Lipinski definition) is 2. The van der Waals surface area contributed by atoms with Crippen LogP contribution in [0, 0.1) is 11.3 Å². The fraction of sp³-hybridized carbons (Fsp3) is 0.294. The smallest absolute Gasteiger partial charge is 0.325 e. The summed E-state index contributed by atoms with van der Waals surface area (Å²) in [5.74, 6) is 0.388. The van der Waals surface area contributed by atoms with Crippen LogP contribution in [0.5, 0.6) is 0 Å². The predicted octanol–water partition coefficient (Wildman–Crippen LogP) is 1.81. The van der Waals surface area contributed by atoms with E-state index < -0.39 is 11.5 Å². The quantitative estimate of drug-likeness (QED) is 0.892. The number of rotatable bonds is 4. The molecule has 0 amide bonds. The van der Waals surface area contributed by atoms with Crippen molar-refractivity contribution in [2.75, 3.05) is 13.1 Å². The van der Waals surface area contributed by atoms with Gasteiger partial charge in [0, 0.05) is 18.7 Å². The first-order valence-corrected chi connectivity index (χ1v) is 7.35. The van der Waals surface area contributed by atoms with Gasteiger partial charge in [0.2, 0.25) is 0 Å². The first-order valence-electron chi connectivity index (χ1n) is 7.35. The minimum absolute atomic E-state index is 0.299. The minimum Gasteiger partial charge on any atom is -0.480 e. The summed E-state index contributed by atoms with van der Waals surface area (Å²) in [6, 6.07) is 13.1. The first kappa shape index (κ1) is 15.3. The van der Waals surface area contributed by atoms with Crippen LogP contribution in [0.25, 0.3) is 11.3 Å². The summed E-state index contributed by atoms with van der Waals surface area (Å²) >= 11 is 0. The number of nitrogens with zero attached hydrogens (tertiary/aromatic N) is 2. The molecule has 0 radical (unpaired) electrons. The maximum Gasteiger partial charge on any atom is 0.325 e. The molecule has 1 fully saturated rings. The Balaban J connectivity index is 1.74. The number of hydrogen-bond acceptors (Lipinski definition) is 5. The Bertz CT molecular complexity index is 777. The highest BCUT2D eigenvalue weighted by atomic mass is 16.4. The van der Waals surface area contributed by atoms with E-state index in [1.165, 1.54) is 0 Å². The van der Waals surface area contributed by atoms with Crippen molar-refractivity contribution in [2.24, 2.45) is 5.73 Å². The Kier molecular flexibility index (Phi) is 3.90. The highest BCUT2D eigenvalue weighted by Gasteiger charge is 2.41. The Morgan fingerprint density at radius 1 is 1.39 bits per heavy atom. The molecule has 1 aliphatic rings. The molecule has 1 saturated heterocycles. The van der Waals surface area contributed by atoms with Gasteiger partial charge in [-0.3, -0.25) is 9.69 Å². The van der Waals surface area contributed by atoms with Crippen LogP contribution >= 0.6 is 0 Å². The molecule has 1 atom stereocenters. The molecule has 1 unspecified atom stereocenters. The summed E-state index contributed by atoms with van der Waals surface area (Å²) in [5, 5.41) is 18.3. The number of nitriles is 1. The average Bonchev–Trinajstić information content (AvgIpc) is 3.15. The van der Waals surface area contributed by atoms with Crippen molar-refractivity contribution in [3.63, 3.8) is 0 Å². The summed E-state index contributed by atoms with van der Waals surface area (Å²) in [5.41, 5.74) is 6.00. The van der Waals surface area contributed by atoms with Gasteiger partial charge in [-0.15, -0.1) is 0 Å². The lowest BCUT2D eigenvalue weighted by atomic mass is 10.0. The van der Waals surface area contributed by atoms with Crippen LogP contribution < -0.4 is 5.73 Å². The lowest BCUT2D eigenvalue weighted by Crippen LogP contribution is -2.49. The third kappa shape index (κ3) is 2.97. The van der Waals surface area contributed by atoms with Gasteiger partial charge in [-0.2, -0.15) is 5.26 Å². The molecule has 3 N–H and O–H groups in total. The van der Waals surface area contributed by atoms with Crippen LogP contribution in [-0.2, 0) is 11.3 Å². The van der Waals surface area contributed by atoms with Crippen LogP contribution in [0.4, 0.5) is 0 Å². The molecular formula is C17H17N3O3. The van der Waals surface area contributed by atoms with Gasteiger partial charge in [0.25, 0.3) is 0 Å². The molecular weight excluding hydrogens is 294 g/mol. The summed E-state index contributed by atoms with van der Waals surface area (Å²) in [6.45, 7) is 1.42. The summed E-state index contributed by atoms with van der Waals surface area (Å²) < 4.78 is 5.82. The monoisotopic (exact) mass is 311 g/mol. The first-order chi connectivity index (χ1) is 11.0. The van der Waals surface area contributed by atoms with Gasteiger partial charge in [0.15, 0.2) is 0 Å². The molecule has 0 spiro atoms. The van der Waals surface area contributed by atoms with E-state index in [1.54, 1.807) is 6.07 Å². The summed E-state index contributed by atoms with van der Waals surface area (Å²) in [7, 11) is 0. The second-order valence-corrected chi connectivity index (χ2v) is 5.85. The molecule has 118 valence electrons. The number of likely N-dealkylation sites (tertiary alicyclic amines) is 1. The van der Waals surface area contributed by atoms with Crippen LogP contribution in [0.1, 0.15) is 17.7 Å². The average molecular weight is 311 g/mol. The molecule has 3 rings (SSSR count). The zero-order chi connectivity index (χ0) is 16.4. The number of nitrogens with two attached hydrogens (primary N) is 1. The Morgan fingerprint density at radius 3 is 2.87 bits per heavy atom. The Hall–Kier alpha value is -2.62. The van der Waals surface area contributed by atoms with Gasteiger partial charge in [-0.25, -0.2) is 0 Å². The molecule has 6 heteroatoms. The van der Waals surface area contributed by atoms with E-state index >= 15 is 0 Å². The Morgan fingerprint density at radius 2 is 2.17 bits per heavy atom. The summed E-state index contributed by atoms with van der Waals surface area (Å²) in [4.78, 5) is 13.1. The van der Waals surface area contributed by atoms with Crippen LogP contribution in [0.3, 0.4) is 0 Å². The highest BCUT2D eigenvalue weighted by Crippen LogP contribution is 2.27. The number of benzene rings is 1. The molecule has 1 aliphatic heterocycles. The third-order valence-corrected chi connectivity index (χ3v) is 4.16. The van der Waals surface area contributed by atoms with Crippen LogP contribution in [0.2, 0.25) is 0 Å². The van der Waals surface area contributed by atoms with Crippen molar-refractivity contribution in [2.45, 2.75) is 18.5 Å². The number of furan rings is 1. The fourth-order valence-corrected chi connectivity index (χ4v) is 2.85. The Labute approximate surface area is 133 Å². The fourth-order valence-electron chi connectivity index (χ4n) is 2.85. The number of carboxylic acid groups (broad SMARTS) is 1. The molecule has 2 heterocycles. The molecule has 23 heavy (non-hydrogen) atoms.